The number of likely N-dealkylation sites (tertiary alicyclic amines) is 1. The van der Waals surface area contributed by atoms with Crippen molar-refractivity contribution >= 4 is 33.1 Å². The maximum Gasteiger partial charge on any atom is 0.410 e. The van der Waals surface area contributed by atoms with Crippen LogP contribution >= 0.6 is 27.0 Å². The summed E-state index contributed by atoms with van der Waals surface area (Å²) >= 11 is 0. The molecule has 1 saturated heterocycles. The second-order valence-electron chi connectivity index (χ2n) is 5.00. The molecule has 0 unspecified atom stereocenters. The van der Waals surface area contributed by atoms with Gasteiger partial charge in [0.05, 0.1) is 12.6 Å². The highest BCUT2D eigenvalue weighted by Gasteiger charge is 2.32. The van der Waals surface area contributed by atoms with E-state index in [-0.39, 0.29) is 33.5 Å². The summed E-state index contributed by atoms with van der Waals surface area (Å²) in [7, 11) is 0. The highest BCUT2D eigenvalue weighted by Crippen LogP contribution is 2.19. The predicted octanol–water partition coefficient (Wildman–Crippen LogP) is 2.87. The van der Waals surface area contributed by atoms with E-state index in [0.29, 0.717) is 13.0 Å². The number of hydrogen-bond donors (Lipinski definition) is 0. The van der Waals surface area contributed by atoms with Crippen LogP contribution in [0.25, 0.3) is 10.4 Å². The van der Waals surface area contributed by atoms with Gasteiger partial charge in [-0.2, -0.15) is 27.0 Å². The number of rotatable bonds is 1. The molecule has 0 spiro atoms. The fraction of sp³-hybridized carbons (Fsp3) is 0.900. The number of piperidine rings is 1. The molecule has 0 saturated carbocycles. The Hall–Kier alpha value is -0.790. The quantitative estimate of drug-likeness (QED) is 0.424. The Morgan fingerprint density at radius 1 is 1.47 bits per heavy atom. The summed E-state index contributed by atoms with van der Waals surface area (Å²) in [4.78, 5) is 15.6. The maximum absolute atomic E-state index is 13.6. The Morgan fingerprint density at radius 3 is 2.47 bits per heavy atom. The van der Waals surface area contributed by atoms with Crippen molar-refractivity contribution in [3.63, 3.8) is 0 Å². The van der Waals surface area contributed by atoms with Crippen LogP contribution < -0.4 is 0 Å². The standard InChI is InChI=1S/C10H17FN4O2.2H2S/c1-10(2,3)17-9(16)15-5-4-8(13-14-12)7(11)6-15;;/h7-8H,4-6H2,1-3H3;2*1H2/t7-,8-;;/m0../s1. The minimum absolute atomic E-state index is 0. The number of nitrogens with zero attached hydrogens (tertiary/aromatic N) is 4. The molecule has 1 heterocycles. The number of alkyl halides is 1. The first-order valence-electron chi connectivity index (χ1n) is 5.49. The topological polar surface area (TPSA) is 78.3 Å². The lowest BCUT2D eigenvalue weighted by atomic mass is 10.0. The first-order chi connectivity index (χ1) is 7.83. The van der Waals surface area contributed by atoms with E-state index < -0.39 is 23.9 Å². The van der Waals surface area contributed by atoms with Crippen molar-refractivity contribution in [1.29, 1.82) is 0 Å². The third kappa shape index (κ3) is 6.79. The first kappa shape index (κ1) is 20.5. The van der Waals surface area contributed by atoms with Gasteiger partial charge in [0.25, 0.3) is 0 Å². The van der Waals surface area contributed by atoms with E-state index in [9.17, 15) is 9.18 Å². The number of halogens is 1. The minimum atomic E-state index is -1.33. The molecule has 9 heteroatoms. The monoisotopic (exact) mass is 312 g/mol. The number of carbonyl (C=O) groups is 1. The molecular formula is C10H21FN4O2S2. The third-order valence-electron chi connectivity index (χ3n) is 2.36. The Bertz CT molecular complexity index is 345. The molecule has 2 atom stereocenters. The smallest absolute Gasteiger partial charge is 0.410 e. The van der Waals surface area contributed by atoms with Gasteiger partial charge in [0.2, 0.25) is 0 Å². The Morgan fingerprint density at radius 2 is 2.05 bits per heavy atom. The van der Waals surface area contributed by atoms with Crippen LogP contribution in [0.3, 0.4) is 0 Å². The molecule has 0 aromatic heterocycles. The summed E-state index contributed by atoms with van der Waals surface area (Å²) in [5.41, 5.74) is 7.66. The molecular weight excluding hydrogens is 291 g/mol. The van der Waals surface area contributed by atoms with Gasteiger partial charge in [0.1, 0.15) is 11.8 Å². The molecule has 0 aliphatic carbocycles. The molecule has 0 N–H and O–H groups in total. The molecule has 1 fully saturated rings. The average molecular weight is 312 g/mol. The van der Waals surface area contributed by atoms with Crippen LogP contribution in [-0.4, -0.2) is 41.9 Å². The Kier molecular flexibility index (Phi) is 9.07. The summed E-state index contributed by atoms with van der Waals surface area (Å²) in [5, 5.41) is 3.36. The van der Waals surface area contributed by atoms with E-state index in [2.05, 4.69) is 10.0 Å². The lowest BCUT2D eigenvalue weighted by molar-refractivity contribution is 0.0116. The summed E-state index contributed by atoms with van der Waals surface area (Å²) in [6.07, 6.45) is -1.53. The SMILES string of the molecule is CC(C)(C)OC(=O)N1CC[C@H](N=[N+]=[N-])[C@@H](F)C1.S.S. The number of amides is 1. The summed E-state index contributed by atoms with van der Waals surface area (Å²) in [5.74, 6) is 0. The van der Waals surface area contributed by atoms with Crippen molar-refractivity contribution < 1.29 is 13.9 Å². The van der Waals surface area contributed by atoms with Crippen molar-refractivity contribution in [3.05, 3.63) is 10.4 Å². The van der Waals surface area contributed by atoms with E-state index >= 15 is 0 Å². The van der Waals surface area contributed by atoms with Gasteiger partial charge in [-0.3, -0.25) is 0 Å². The molecule has 0 aromatic carbocycles. The lowest BCUT2D eigenvalue weighted by Gasteiger charge is -2.33. The van der Waals surface area contributed by atoms with Crippen LogP contribution in [0.1, 0.15) is 27.2 Å². The Balaban J connectivity index is 0. The molecule has 19 heavy (non-hydrogen) atoms. The first-order valence-corrected chi connectivity index (χ1v) is 5.49. The van der Waals surface area contributed by atoms with Crippen LogP contribution in [0.2, 0.25) is 0 Å². The van der Waals surface area contributed by atoms with Crippen molar-refractivity contribution in [1.82, 2.24) is 4.90 Å². The molecule has 1 aliphatic rings. The van der Waals surface area contributed by atoms with Gasteiger partial charge in [-0.05, 0) is 32.7 Å². The fourth-order valence-electron chi connectivity index (χ4n) is 1.58. The minimum Gasteiger partial charge on any atom is -0.444 e. The van der Waals surface area contributed by atoms with Gasteiger partial charge in [-0.25, -0.2) is 9.18 Å². The average Bonchev–Trinajstić information content (AvgIpc) is 2.18. The second kappa shape index (κ2) is 8.39. The molecule has 0 radical (unpaired) electrons. The zero-order valence-corrected chi connectivity index (χ0v) is 13.3. The van der Waals surface area contributed by atoms with Gasteiger partial charge in [-0.1, -0.05) is 5.11 Å². The highest BCUT2D eigenvalue weighted by atomic mass is 32.1. The molecule has 0 bridgehead atoms. The van der Waals surface area contributed by atoms with Crippen LogP contribution in [0.15, 0.2) is 5.11 Å². The van der Waals surface area contributed by atoms with E-state index in [0.717, 1.165) is 0 Å². The van der Waals surface area contributed by atoms with Crippen LogP contribution in [-0.2, 0) is 4.74 Å². The second-order valence-corrected chi connectivity index (χ2v) is 5.00. The van der Waals surface area contributed by atoms with Gasteiger partial charge in [-0.15, -0.1) is 0 Å². The zero-order valence-electron chi connectivity index (χ0n) is 11.3. The lowest BCUT2D eigenvalue weighted by Crippen LogP contribution is -2.48. The number of hydrogen-bond acceptors (Lipinski definition) is 3. The number of ether oxygens (including phenoxy) is 1. The van der Waals surface area contributed by atoms with E-state index in [1.165, 1.54) is 4.90 Å². The molecule has 112 valence electrons. The van der Waals surface area contributed by atoms with Crippen LogP contribution in [0.4, 0.5) is 9.18 Å². The van der Waals surface area contributed by atoms with E-state index in [1.54, 1.807) is 20.8 Å². The maximum atomic E-state index is 13.6. The van der Waals surface area contributed by atoms with Crippen molar-refractivity contribution in [2.75, 3.05) is 13.1 Å². The molecule has 1 aliphatic heterocycles. The summed E-state index contributed by atoms with van der Waals surface area (Å²) in [6.45, 7) is 5.53. The van der Waals surface area contributed by atoms with Gasteiger partial charge < -0.3 is 9.64 Å². The number of carbonyl (C=O) groups excluding carboxylic acids is 1. The third-order valence-corrected chi connectivity index (χ3v) is 2.36. The molecule has 1 amide bonds. The van der Waals surface area contributed by atoms with Crippen molar-refractivity contribution in [3.8, 4) is 0 Å². The summed E-state index contributed by atoms with van der Waals surface area (Å²) in [6, 6.07) is -0.682. The number of azide groups is 1. The Labute approximate surface area is 126 Å². The van der Waals surface area contributed by atoms with Crippen molar-refractivity contribution in [2.24, 2.45) is 5.11 Å². The summed E-state index contributed by atoms with van der Waals surface area (Å²) < 4.78 is 18.7. The predicted molar refractivity (Wildman–Crippen MR) is 81.0 cm³/mol. The molecule has 1 rings (SSSR count). The highest BCUT2D eigenvalue weighted by molar-refractivity contribution is 7.59. The fourth-order valence-corrected chi connectivity index (χ4v) is 1.58. The van der Waals surface area contributed by atoms with Gasteiger partial charge in [0, 0.05) is 11.5 Å². The zero-order chi connectivity index (χ0) is 13.1. The largest absolute Gasteiger partial charge is 0.444 e. The van der Waals surface area contributed by atoms with E-state index in [4.69, 9.17) is 10.3 Å². The molecule has 0 aromatic rings. The molecule has 6 nitrogen and oxygen atoms in total. The van der Waals surface area contributed by atoms with Gasteiger partial charge >= 0.3 is 6.09 Å². The normalized spacial score (nSPS) is 22.4. The van der Waals surface area contributed by atoms with Gasteiger partial charge in [0.15, 0.2) is 0 Å². The van der Waals surface area contributed by atoms with Crippen molar-refractivity contribution in [2.45, 2.75) is 45.0 Å². The van der Waals surface area contributed by atoms with E-state index in [1.807, 2.05) is 0 Å². The van der Waals surface area contributed by atoms with Crippen LogP contribution in [0, 0.1) is 0 Å². The van der Waals surface area contributed by atoms with Crippen LogP contribution in [0.5, 0.6) is 0 Å².